The first kappa shape index (κ1) is 12.3. The number of nitrogens with zero attached hydrogens (tertiary/aromatic N) is 1. The average Bonchev–Trinajstić information content (AvgIpc) is 2.77. The van der Waals surface area contributed by atoms with Gasteiger partial charge in [0.25, 0.3) is 0 Å². The molecule has 0 aromatic heterocycles. The largest absolute Gasteiger partial charge is 0.378 e. The molecule has 3 unspecified atom stereocenters. The fourth-order valence-electron chi connectivity index (χ4n) is 2.95. The van der Waals surface area contributed by atoms with Gasteiger partial charge in [0.1, 0.15) is 0 Å². The number of rotatable bonds is 4. The Labute approximate surface area is 99.5 Å². The van der Waals surface area contributed by atoms with Crippen molar-refractivity contribution in [3.05, 3.63) is 0 Å². The predicted molar refractivity (Wildman–Crippen MR) is 66.6 cm³/mol. The zero-order valence-corrected chi connectivity index (χ0v) is 10.9. The van der Waals surface area contributed by atoms with Gasteiger partial charge in [-0.1, -0.05) is 13.8 Å². The van der Waals surface area contributed by atoms with Gasteiger partial charge in [0.05, 0.1) is 6.10 Å². The van der Waals surface area contributed by atoms with Crippen molar-refractivity contribution in [3.63, 3.8) is 0 Å². The van der Waals surface area contributed by atoms with Gasteiger partial charge in [0.15, 0.2) is 0 Å². The molecule has 0 aromatic rings. The molecule has 2 rings (SSSR count). The molecular formula is C13H26N2O. The standard InChI is InChI=1S/C13H26N2O/c1-10(2)14-13-4-6-15(9-13)8-12-5-7-16-11(12)3/h10-14H,4-9H2,1-3H3. The summed E-state index contributed by atoms with van der Waals surface area (Å²) in [4.78, 5) is 2.61. The third kappa shape index (κ3) is 3.19. The van der Waals surface area contributed by atoms with Gasteiger partial charge in [-0.2, -0.15) is 0 Å². The number of hydrogen-bond donors (Lipinski definition) is 1. The van der Waals surface area contributed by atoms with Crippen LogP contribution in [0.2, 0.25) is 0 Å². The van der Waals surface area contributed by atoms with Crippen molar-refractivity contribution in [1.29, 1.82) is 0 Å². The van der Waals surface area contributed by atoms with Gasteiger partial charge in [0, 0.05) is 31.8 Å². The first-order valence-corrected chi connectivity index (χ1v) is 6.75. The van der Waals surface area contributed by atoms with Crippen LogP contribution in [0.25, 0.3) is 0 Å². The van der Waals surface area contributed by atoms with Crippen molar-refractivity contribution in [2.45, 2.75) is 51.8 Å². The Balaban J connectivity index is 1.72. The SMILES string of the molecule is CC(C)NC1CCN(CC2CCOC2C)C1. The Morgan fingerprint density at radius 1 is 1.38 bits per heavy atom. The Kier molecular flexibility index (Phi) is 4.22. The Morgan fingerprint density at radius 2 is 2.19 bits per heavy atom. The van der Waals surface area contributed by atoms with Gasteiger partial charge in [-0.25, -0.2) is 0 Å². The lowest BCUT2D eigenvalue weighted by Crippen LogP contribution is -2.38. The highest BCUT2D eigenvalue weighted by Gasteiger charge is 2.29. The molecule has 2 fully saturated rings. The molecule has 0 amide bonds. The van der Waals surface area contributed by atoms with E-state index >= 15 is 0 Å². The summed E-state index contributed by atoms with van der Waals surface area (Å²) in [7, 11) is 0. The van der Waals surface area contributed by atoms with Crippen LogP contribution in [0.15, 0.2) is 0 Å². The molecule has 3 nitrogen and oxygen atoms in total. The molecule has 2 saturated heterocycles. The van der Waals surface area contributed by atoms with Crippen LogP contribution in [0.5, 0.6) is 0 Å². The lowest BCUT2D eigenvalue weighted by Gasteiger charge is -2.23. The van der Waals surface area contributed by atoms with Gasteiger partial charge in [-0.05, 0) is 32.2 Å². The molecule has 2 aliphatic rings. The van der Waals surface area contributed by atoms with Crippen molar-refractivity contribution in [2.75, 3.05) is 26.2 Å². The average molecular weight is 226 g/mol. The molecule has 0 radical (unpaired) electrons. The quantitative estimate of drug-likeness (QED) is 0.786. The fourth-order valence-corrected chi connectivity index (χ4v) is 2.95. The van der Waals surface area contributed by atoms with Crippen LogP contribution in [-0.2, 0) is 4.74 Å². The van der Waals surface area contributed by atoms with E-state index in [0.29, 0.717) is 18.2 Å². The van der Waals surface area contributed by atoms with E-state index in [9.17, 15) is 0 Å². The second-order valence-corrected chi connectivity index (χ2v) is 5.69. The minimum atomic E-state index is 0.470. The summed E-state index contributed by atoms with van der Waals surface area (Å²) in [5.74, 6) is 0.762. The second-order valence-electron chi connectivity index (χ2n) is 5.69. The number of likely N-dealkylation sites (tertiary alicyclic amines) is 1. The zero-order valence-electron chi connectivity index (χ0n) is 10.9. The highest BCUT2D eigenvalue weighted by Crippen LogP contribution is 2.23. The highest BCUT2D eigenvalue weighted by atomic mass is 16.5. The smallest absolute Gasteiger partial charge is 0.0588 e. The first-order chi connectivity index (χ1) is 7.65. The number of nitrogens with one attached hydrogen (secondary N) is 1. The van der Waals surface area contributed by atoms with E-state index in [1.165, 1.54) is 32.5 Å². The van der Waals surface area contributed by atoms with Crippen LogP contribution in [0.4, 0.5) is 0 Å². The minimum absolute atomic E-state index is 0.470. The molecule has 1 N–H and O–H groups in total. The maximum atomic E-state index is 5.62. The van der Waals surface area contributed by atoms with Crippen LogP contribution in [0, 0.1) is 5.92 Å². The molecule has 2 heterocycles. The summed E-state index contributed by atoms with van der Waals surface area (Å²) in [6.45, 7) is 11.4. The molecule has 0 aliphatic carbocycles. The molecule has 3 atom stereocenters. The van der Waals surface area contributed by atoms with Gasteiger partial charge >= 0.3 is 0 Å². The van der Waals surface area contributed by atoms with Gasteiger partial charge in [-0.3, -0.25) is 0 Å². The minimum Gasteiger partial charge on any atom is -0.378 e. The van der Waals surface area contributed by atoms with Crippen molar-refractivity contribution >= 4 is 0 Å². The molecule has 94 valence electrons. The van der Waals surface area contributed by atoms with E-state index in [1.54, 1.807) is 0 Å². The third-order valence-corrected chi connectivity index (χ3v) is 3.87. The monoisotopic (exact) mass is 226 g/mol. The molecule has 3 heteroatoms. The van der Waals surface area contributed by atoms with Gasteiger partial charge in [-0.15, -0.1) is 0 Å². The van der Waals surface area contributed by atoms with E-state index in [0.717, 1.165) is 12.5 Å². The zero-order chi connectivity index (χ0) is 11.5. The maximum Gasteiger partial charge on any atom is 0.0588 e. The molecule has 0 spiro atoms. The first-order valence-electron chi connectivity index (χ1n) is 6.75. The Hall–Kier alpha value is -0.120. The van der Waals surface area contributed by atoms with Crippen molar-refractivity contribution in [2.24, 2.45) is 5.92 Å². The summed E-state index contributed by atoms with van der Waals surface area (Å²) in [5.41, 5.74) is 0. The normalized spacial score (nSPS) is 36.4. The summed E-state index contributed by atoms with van der Waals surface area (Å²) >= 11 is 0. The molecule has 16 heavy (non-hydrogen) atoms. The summed E-state index contributed by atoms with van der Waals surface area (Å²) in [5, 5.41) is 3.63. The number of ether oxygens (including phenoxy) is 1. The van der Waals surface area contributed by atoms with Crippen LogP contribution < -0.4 is 5.32 Å². The van der Waals surface area contributed by atoms with Crippen LogP contribution >= 0.6 is 0 Å². The van der Waals surface area contributed by atoms with E-state index in [4.69, 9.17) is 4.74 Å². The second kappa shape index (κ2) is 5.48. The van der Waals surface area contributed by atoms with Crippen LogP contribution in [0.1, 0.15) is 33.6 Å². The third-order valence-electron chi connectivity index (χ3n) is 3.87. The maximum absolute atomic E-state index is 5.62. The number of hydrogen-bond acceptors (Lipinski definition) is 3. The van der Waals surface area contributed by atoms with Crippen molar-refractivity contribution < 1.29 is 4.74 Å². The molecule has 0 saturated carbocycles. The van der Waals surface area contributed by atoms with Crippen LogP contribution in [-0.4, -0.2) is 49.3 Å². The van der Waals surface area contributed by atoms with Gasteiger partial charge < -0.3 is 15.0 Å². The summed E-state index contributed by atoms with van der Waals surface area (Å²) < 4.78 is 5.62. The lowest BCUT2D eigenvalue weighted by atomic mass is 10.0. The fraction of sp³-hybridized carbons (Fsp3) is 1.00. The molecule has 0 bridgehead atoms. The van der Waals surface area contributed by atoms with Crippen molar-refractivity contribution in [3.8, 4) is 0 Å². The Bertz CT molecular complexity index is 220. The summed E-state index contributed by atoms with van der Waals surface area (Å²) in [6, 6.07) is 1.32. The van der Waals surface area contributed by atoms with E-state index in [1.807, 2.05) is 0 Å². The molecule has 0 aromatic carbocycles. The van der Waals surface area contributed by atoms with E-state index < -0.39 is 0 Å². The molecular weight excluding hydrogens is 200 g/mol. The highest BCUT2D eigenvalue weighted by molar-refractivity contribution is 4.85. The Morgan fingerprint density at radius 3 is 2.81 bits per heavy atom. The van der Waals surface area contributed by atoms with Gasteiger partial charge in [0.2, 0.25) is 0 Å². The predicted octanol–water partition coefficient (Wildman–Crippen LogP) is 1.48. The van der Waals surface area contributed by atoms with E-state index in [-0.39, 0.29) is 0 Å². The topological polar surface area (TPSA) is 24.5 Å². The van der Waals surface area contributed by atoms with Crippen molar-refractivity contribution in [1.82, 2.24) is 10.2 Å². The van der Waals surface area contributed by atoms with E-state index in [2.05, 4.69) is 31.0 Å². The summed E-state index contributed by atoms with van der Waals surface area (Å²) in [6.07, 6.45) is 3.03. The molecule has 2 aliphatic heterocycles. The lowest BCUT2D eigenvalue weighted by molar-refractivity contribution is 0.0954. The van der Waals surface area contributed by atoms with Crippen LogP contribution in [0.3, 0.4) is 0 Å².